The smallest absolute Gasteiger partial charge is 0.0558 e. The number of hydrogen-bond donors (Lipinski definition) is 5. The SMILES string of the molecule is OCCNCCN(CCO)CCNCCO. The van der Waals surface area contributed by atoms with Crippen molar-refractivity contribution < 1.29 is 15.3 Å². The highest BCUT2D eigenvalue weighted by Gasteiger charge is 2.02. The zero-order valence-electron chi connectivity index (χ0n) is 9.86. The minimum Gasteiger partial charge on any atom is -0.395 e. The molecule has 5 N–H and O–H groups in total. The molecule has 6 heteroatoms. The molecule has 0 saturated heterocycles. The van der Waals surface area contributed by atoms with Crippen LogP contribution in [0.5, 0.6) is 0 Å². The maximum Gasteiger partial charge on any atom is 0.0558 e. The summed E-state index contributed by atoms with van der Waals surface area (Å²) >= 11 is 0. The molecule has 0 amide bonds. The molecule has 0 radical (unpaired) electrons. The van der Waals surface area contributed by atoms with Crippen LogP contribution in [0.25, 0.3) is 0 Å². The molecular formula is C10H25N3O3. The van der Waals surface area contributed by atoms with Crippen molar-refractivity contribution in [3.63, 3.8) is 0 Å². The highest BCUT2D eigenvalue weighted by atomic mass is 16.3. The first-order valence-electron chi connectivity index (χ1n) is 5.81. The molecule has 0 bridgehead atoms. The molecule has 0 spiro atoms. The highest BCUT2D eigenvalue weighted by Crippen LogP contribution is 1.85. The van der Waals surface area contributed by atoms with Gasteiger partial charge in [-0.2, -0.15) is 0 Å². The van der Waals surface area contributed by atoms with Gasteiger partial charge < -0.3 is 26.0 Å². The zero-order valence-corrected chi connectivity index (χ0v) is 9.86. The molecule has 0 aromatic carbocycles. The summed E-state index contributed by atoms with van der Waals surface area (Å²) < 4.78 is 0. The Morgan fingerprint density at radius 2 is 1.12 bits per heavy atom. The standard InChI is InChI=1S/C10H25N3O3/c14-8-3-11-1-5-13(7-10-16)6-2-12-4-9-15/h11-12,14-16H,1-10H2. The first-order valence-corrected chi connectivity index (χ1v) is 5.81. The first-order chi connectivity index (χ1) is 7.85. The van der Waals surface area contributed by atoms with Crippen molar-refractivity contribution in [1.82, 2.24) is 15.5 Å². The van der Waals surface area contributed by atoms with Gasteiger partial charge in [0.05, 0.1) is 19.8 Å². The molecule has 0 rings (SSSR count). The van der Waals surface area contributed by atoms with Crippen molar-refractivity contribution >= 4 is 0 Å². The van der Waals surface area contributed by atoms with E-state index in [4.69, 9.17) is 15.3 Å². The van der Waals surface area contributed by atoms with Gasteiger partial charge in [-0.1, -0.05) is 0 Å². The van der Waals surface area contributed by atoms with Gasteiger partial charge in [0, 0.05) is 45.8 Å². The third kappa shape index (κ3) is 10.3. The topological polar surface area (TPSA) is 88.0 Å². The fourth-order valence-electron chi connectivity index (χ4n) is 1.36. The normalized spacial score (nSPS) is 11.2. The minimum absolute atomic E-state index is 0.151. The Labute approximate surface area is 97.3 Å². The van der Waals surface area contributed by atoms with Gasteiger partial charge in [0.2, 0.25) is 0 Å². The fraction of sp³-hybridized carbons (Fsp3) is 1.00. The van der Waals surface area contributed by atoms with Crippen LogP contribution in [0.15, 0.2) is 0 Å². The van der Waals surface area contributed by atoms with Crippen LogP contribution >= 0.6 is 0 Å². The van der Waals surface area contributed by atoms with Crippen molar-refractivity contribution in [2.24, 2.45) is 0 Å². The number of aliphatic hydroxyl groups excluding tert-OH is 3. The number of nitrogens with zero attached hydrogens (tertiary/aromatic N) is 1. The van der Waals surface area contributed by atoms with Gasteiger partial charge in [-0.25, -0.2) is 0 Å². The Kier molecular flexibility index (Phi) is 12.6. The number of aliphatic hydroxyl groups is 3. The summed E-state index contributed by atoms with van der Waals surface area (Å²) in [5.41, 5.74) is 0. The minimum atomic E-state index is 0.151. The fourth-order valence-corrected chi connectivity index (χ4v) is 1.36. The lowest BCUT2D eigenvalue weighted by Gasteiger charge is -2.21. The van der Waals surface area contributed by atoms with E-state index in [2.05, 4.69) is 15.5 Å². The molecule has 0 aliphatic carbocycles. The lowest BCUT2D eigenvalue weighted by molar-refractivity contribution is 0.193. The van der Waals surface area contributed by atoms with E-state index in [1.165, 1.54) is 0 Å². The first kappa shape index (κ1) is 15.8. The Balaban J connectivity index is 3.45. The van der Waals surface area contributed by atoms with Crippen LogP contribution in [0.3, 0.4) is 0 Å². The van der Waals surface area contributed by atoms with E-state index in [9.17, 15) is 0 Å². The molecule has 0 aromatic rings. The number of rotatable bonds is 12. The lowest BCUT2D eigenvalue weighted by atomic mass is 10.4. The van der Waals surface area contributed by atoms with Gasteiger partial charge in [0.1, 0.15) is 0 Å². The van der Waals surface area contributed by atoms with Crippen LogP contribution in [0.4, 0.5) is 0 Å². The average Bonchev–Trinajstić information content (AvgIpc) is 2.30. The largest absolute Gasteiger partial charge is 0.395 e. The Bertz CT molecular complexity index is 126. The summed E-state index contributed by atoms with van der Waals surface area (Å²) in [6, 6.07) is 0. The second-order valence-electron chi connectivity index (χ2n) is 3.51. The molecule has 0 atom stereocenters. The van der Waals surface area contributed by atoms with Crippen molar-refractivity contribution in [3.8, 4) is 0 Å². The van der Waals surface area contributed by atoms with E-state index in [0.717, 1.165) is 26.2 Å². The second-order valence-corrected chi connectivity index (χ2v) is 3.51. The van der Waals surface area contributed by atoms with Gasteiger partial charge in [-0.15, -0.1) is 0 Å². The number of hydrogen-bond acceptors (Lipinski definition) is 6. The van der Waals surface area contributed by atoms with Crippen molar-refractivity contribution in [1.29, 1.82) is 0 Å². The summed E-state index contributed by atoms with van der Waals surface area (Å²) in [5.74, 6) is 0. The summed E-state index contributed by atoms with van der Waals surface area (Å²) in [6.07, 6.45) is 0. The monoisotopic (exact) mass is 235 g/mol. The third-order valence-corrected chi connectivity index (χ3v) is 2.20. The number of nitrogens with one attached hydrogen (secondary N) is 2. The van der Waals surface area contributed by atoms with Crippen LogP contribution in [0.1, 0.15) is 0 Å². The van der Waals surface area contributed by atoms with E-state index in [1.807, 2.05) is 0 Å². The maximum atomic E-state index is 8.88. The molecule has 0 unspecified atom stereocenters. The molecule has 0 aromatic heterocycles. The van der Waals surface area contributed by atoms with Gasteiger partial charge in [-0.05, 0) is 0 Å². The molecular weight excluding hydrogens is 210 g/mol. The Morgan fingerprint density at radius 1 is 0.625 bits per heavy atom. The van der Waals surface area contributed by atoms with E-state index in [0.29, 0.717) is 19.6 Å². The molecule has 6 nitrogen and oxygen atoms in total. The molecule has 98 valence electrons. The van der Waals surface area contributed by atoms with Crippen LogP contribution in [-0.2, 0) is 0 Å². The van der Waals surface area contributed by atoms with E-state index >= 15 is 0 Å². The second kappa shape index (κ2) is 12.8. The van der Waals surface area contributed by atoms with Gasteiger partial charge in [0.25, 0.3) is 0 Å². The van der Waals surface area contributed by atoms with Crippen LogP contribution in [-0.4, -0.2) is 85.9 Å². The predicted octanol–water partition coefficient (Wildman–Crippen LogP) is -2.56. The van der Waals surface area contributed by atoms with Gasteiger partial charge >= 0.3 is 0 Å². The van der Waals surface area contributed by atoms with E-state index < -0.39 is 0 Å². The maximum absolute atomic E-state index is 8.88. The molecule has 0 aliphatic heterocycles. The summed E-state index contributed by atoms with van der Waals surface area (Å²) in [5, 5.41) is 32.2. The lowest BCUT2D eigenvalue weighted by Crippen LogP contribution is -2.39. The van der Waals surface area contributed by atoms with Gasteiger partial charge in [0.15, 0.2) is 0 Å². The van der Waals surface area contributed by atoms with Crippen LogP contribution < -0.4 is 10.6 Å². The Morgan fingerprint density at radius 3 is 1.50 bits per heavy atom. The van der Waals surface area contributed by atoms with Crippen molar-refractivity contribution in [3.05, 3.63) is 0 Å². The summed E-state index contributed by atoms with van der Waals surface area (Å²) in [6.45, 7) is 5.63. The van der Waals surface area contributed by atoms with Crippen molar-refractivity contribution in [2.75, 3.05) is 65.6 Å². The van der Waals surface area contributed by atoms with E-state index in [-0.39, 0.29) is 19.8 Å². The van der Waals surface area contributed by atoms with Gasteiger partial charge in [-0.3, -0.25) is 4.90 Å². The summed E-state index contributed by atoms with van der Waals surface area (Å²) in [7, 11) is 0. The van der Waals surface area contributed by atoms with Crippen LogP contribution in [0, 0.1) is 0 Å². The van der Waals surface area contributed by atoms with Crippen LogP contribution in [0.2, 0.25) is 0 Å². The average molecular weight is 235 g/mol. The van der Waals surface area contributed by atoms with Crippen molar-refractivity contribution in [2.45, 2.75) is 0 Å². The quantitative estimate of drug-likeness (QED) is 0.239. The highest BCUT2D eigenvalue weighted by molar-refractivity contribution is 4.61. The third-order valence-electron chi connectivity index (χ3n) is 2.20. The molecule has 0 aliphatic rings. The molecule has 0 saturated carbocycles. The molecule has 0 heterocycles. The molecule has 16 heavy (non-hydrogen) atoms. The predicted molar refractivity (Wildman–Crippen MR) is 63.4 cm³/mol. The molecule has 0 fully saturated rings. The zero-order chi connectivity index (χ0) is 12.1. The summed E-state index contributed by atoms with van der Waals surface area (Å²) in [4.78, 5) is 2.13. The van der Waals surface area contributed by atoms with E-state index in [1.54, 1.807) is 0 Å². The Hall–Kier alpha value is -0.240.